The summed E-state index contributed by atoms with van der Waals surface area (Å²) in [6.45, 7) is 15.4. The Morgan fingerprint density at radius 3 is 2.51 bits per heavy atom. The van der Waals surface area contributed by atoms with Crippen LogP contribution in [0.15, 0.2) is 49.1 Å². The maximum absolute atomic E-state index is 13.3. The highest BCUT2D eigenvalue weighted by Crippen LogP contribution is 2.32. The van der Waals surface area contributed by atoms with Crippen LogP contribution in [0.5, 0.6) is 11.6 Å². The van der Waals surface area contributed by atoms with Crippen molar-refractivity contribution in [2.75, 3.05) is 70.3 Å². The Balaban J connectivity index is 0.875. The topological polar surface area (TPSA) is 120 Å². The Hall–Kier alpha value is -4.36. The minimum atomic E-state index is -0.462. The van der Waals surface area contributed by atoms with E-state index in [0.29, 0.717) is 31.4 Å². The molecule has 4 aliphatic heterocycles. The van der Waals surface area contributed by atoms with Gasteiger partial charge in [-0.1, -0.05) is 12.1 Å². The molecule has 6 heterocycles. The Kier molecular flexibility index (Phi) is 10.6. The average molecular weight is 698 g/mol. The predicted molar refractivity (Wildman–Crippen MR) is 192 cm³/mol. The molecule has 13 heteroatoms. The predicted octanol–water partition coefficient (Wildman–Crippen LogP) is 4.55. The van der Waals surface area contributed by atoms with Crippen LogP contribution in [0.25, 0.3) is 0 Å². The molecule has 3 saturated heterocycles. The molecule has 0 spiro atoms. The molecule has 1 aromatic carbocycles. The second kappa shape index (κ2) is 15.5. The van der Waals surface area contributed by atoms with Gasteiger partial charge in [-0.3, -0.25) is 14.6 Å². The maximum atomic E-state index is 13.3. The highest BCUT2D eigenvalue weighted by molar-refractivity contribution is 5.78. The van der Waals surface area contributed by atoms with Crippen molar-refractivity contribution in [3.63, 3.8) is 0 Å². The summed E-state index contributed by atoms with van der Waals surface area (Å²) in [7, 11) is 0. The van der Waals surface area contributed by atoms with Gasteiger partial charge in [0, 0.05) is 95.7 Å². The first kappa shape index (κ1) is 35.1. The van der Waals surface area contributed by atoms with Crippen molar-refractivity contribution in [1.29, 1.82) is 0 Å². The molecule has 3 fully saturated rings. The van der Waals surface area contributed by atoms with Crippen LogP contribution in [0.3, 0.4) is 0 Å². The fraction of sp³-hybridized carbons (Fsp3) is 0.579. The van der Waals surface area contributed by atoms with Crippen molar-refractivity contribution >= 4 is 17.7 Å². The molecular formula is C38H51N9O4. The number of amides is 2. The van der Waals surface area contributed by atoms with Crippen molar-refractivity contribution in [3.05, 3.63) is 65.9 Å². The van der Waals surface area contributed by atoms with Crippen LogP contribution in [0.4, 0.5) is 10.5 Å². The zero-order valence-electron chi connectivity index (χ0n) is 30.2. The molecule has 51 heavy (non-hydrogen) atoms. The third-order valence-electron chi connectivity index (χ3n) is 10.5. The average Bonchev–Trinajstić information content (AvgIpc) is 3.54. The number of ether oxygens (including phenoxy) is 2. The van der Waals surface area contributed by atoms with E-state index in [1.165, 1.54) is 5.56 Å². The molecular weight excluding hydrogens is 646 g/mol. The summed E-state index contributed by atoms with van der Waals surface area (Å²) < 4.78 is 11.8. The van der Waals surface area contributed by atoms with E-state index in [-0.39, 0.29) is 17.9 Å². The lowest BCUT2D eigenvalue weighted by Gasteiger charge is -2.39. The highest BCUT2D eigenvalue weighted by Gasteiger charge is 2.30. The molecule has 3 aromatic rings. The van der Waals surface area contributed by atoms with Gasteiger partial charge in [0.15, 0.2) is 0 Å². The van der Waals surface area contributed by atoms with E-state index in [9.17, 15) is 9.59 Å². The summed E-state index contributed by atoms with van der Waals surface area (Å²) in [4.78, 5) is 45.2. The van der Waals surface area contributed by atoms with Crippen LogP contribution in [-0.2, 0) is 22.6 Å². The van der Waals surface area contributed by atoms with Crippen molar-refractivity contribution in [2.45, 2.75) is 71.1 Å². The first-order chi connectivity index (χ1) is 24.6. The van der Waals surface area contributed by atoms with E-state index in [0.717, 1.165) is 107 Å². The first-order valence-corrected chi connectivity index (χ1v) is 18.5. The molecule has 7 rings (SSSR count). The van der Waals surface area contributed by atoms with E-state index in [1.807, 2.05) is 61.2 Å². The highest BCUT2D eigenvalue weighted by atomic mass is 16.6. The van der Waals surface area contributed by atoms with Gasteiger partial charge in [0.2, 0.25) is 11.8 Å². The standard InChI is InChI=1S/C38H51N9O4/c1-38(2,3)51-37(49)46-12-9-28(10-13-46)22-43-14-16-45(17-15-43)32-19-35(42-41-21-32)50-33-8-4-6-29(18-33)30-7-5-11-47(24-30)36(48)26-44-23-31-20-39-27-40-34(31)25-44/h4,6,8,18-21,27-28,30H,5,7,9-17,22-26H2,1-3H3. The number of likely N-dealkylation sites (tertiary alicyclic amines) is 2. The summed E-state index contributed by atoms with van der Waals surface area (Å²) in [5.41, 5.74) is 3.85. The van der Waals surface area contributed by atoms with Crippen LogP contribution < -0.4 is 9.64 Å². The molecule has 1 atom stereocenters. The fourth-order valence-electron chi connectivity index (χ4n) is 7.74. The van der Waals surface area contributed by atoms with Gasteiger partial charge in [-0.2, -0.15) is 5.10 Å². The van der Waals surface area contributed by atoms with E-state index in [2.05, 4.69) is 47.0 Å². The number of anilines is 1. The number of carbonyl (C=O) groups is 2. The van der Waals surface area contributed by atoms with Gasteiger partial charge in [0.05, 0.1) is 24.1 Å². The van der Waals surface area contributed by atoms with Gasteiger partial charge in [0.25, 0.3) is 0 Å². The minimum absolute atomic E-state index is 0.168. The lowest BCUT2D eigenvalue weighted by atomic mass is 9.90. The summed E-state index contributed by atoms with van der Waals surface area (Å²) >= 11 is 0. The molecule has 0 saturated carbocycles. The molecule has 0 aliphatic carbocycles. The first-order valence-electron chi connectivity index (χ1n) is 18.5. The number of aromatic nitrogens is 4. The molecule has 0 radical (unpaired) electrons. The SMILES string of the molecule is CC(C)(C)OC(=O)N1CCC(CN2CCN(c3cnnc(Oc4cccc(C5CCCN(C(=O)CN6Cc7cncnc7C6)C5)c4)c3)CC2)CC1. The summed E-state index contributed by atoms with van der Waals surface area (Å²) in [6, 6.07) is 10.2. The molecule has 0 N–H and O–H groups in total. The van der Waals surface area contributed by atoms with Crippen LogP contribution in [0.1, 0.15) is 69.2 Å². The van der Waals surface area contributed by atoms with Crippen LogP contribution in [0.2, 0.25) is 0 Å². The third-order valence-corrected chi connectivity index (χ3v) is 10.5. The van der Waals surface area contributed by atoms with Crippen molar-refractivity contribution in [1.82, 2.24) is 39.8 Å². The van der Waals surface area contributed by atoms with E-state index in [4.69, 9.17) is 9.47 Å². The van der Waals surface area contributed by atoms with Gasteiger partial charge in [0.1, 0.15) is 17.7 Å². The van der Waals surface area contributed by atoms with Crippen LogP contribution >= 0.6 is 0 Å². The smallest absolute Gasteiger partial charge is 0.410 e. The summed E-state index contributed by atoms with van der Waals surface area (Å²) in [6.07, 6.45) is 9.07. The normalized spacial score (nSPS) is 20.7. The van der Waals surface area contributed by atoms with Gasteiger partial charge in [-0.25, -0.2) is 14.8 Å². The third kappa shape index (κ3) is 9.12. The Morgan fingerprint density at radius 1 is 0.902 bits per heavy atom. The largest absolute Gasteiger partial charge is 0.444 e. The lowest BCUT2D eigenvalue weighted by molar-refractivity contribution is -0.133. The number of benzene rings is 1. The van der Waals surface area contributed by atoms with Gasteiger partial charge in [-0.15, -0.1) is 5.10 Å². The number of rotatable bonds is 8. The molecule has 1 unspecified atom stereocenters. The second-order valence-electron chi connectivity index (χ2n) is 15.4. The Bertz CT molecular complexity index is 1640. The number of piperidine rings is 2. The zero-order valence-corrected chi connectivity index (χ0v) is 30.2. The summed E-state index contributed by atoms with van der Waals surface area (Å²) in [5.74, 6) is 2.21. The summed E-state index contributed by atoms with van der Waals surface area (Å²) in [5, 5.41) is 8.57. The molecule has 13 nitrogen and oxygen atoms in total. The molecule has 2 aromatic heterocycles. The van der Waals surface area contributed by atoms with Gasteiger partial charge >= 0.3 is 6.09 Å². The Labute approximate surface area is 300 Å². The number of piperazine rings is 1. The monoisotopic (exact) mass is 697 g/mol. The van der Waals surface area contributed by atoms with Crippen molar-refractivity contribution in [3.8, 4) is 11.6 Å². The fourth-order valence-corrected chi connectivity index (χ4v) is 7.74. The Morgan fingerprint density at radius 2 is 1.73 bits per heavy atom. The van der Waals surface area contributed by atoms with Gasteiger partial charge in [-0.05, 0) is 70.1 Å². The van der Waals surface area contributed by atoms with Crippen molar-refractivity contribution < 1.29 is 19.1 Å². The quantitative estimate of drug-likeness (QED) is 0.330. The van der Waals surface area contributed by atoms with Gasteiger partial charge < -0.3 is 24.2 Å². The zero-order chi connectivity index (χ0) is 35.4. The number of fused-ring (bicyclic) bond motifs is 1. The number of nitrogens with zero attached hydrogens (tertiary/aromatic N) is 9. The molecule has 272 valence electrons. The molecule has 2 amide bonds. The van der Waals surface area contributed by atoms with Crippen LogP contribution in [0, 0.1) is 5.92 Å². The van der Waals surface area contributed by atoms with Crippen LogP contribution in [-0.4, -0.2) is 123 Å². The maximum Gasteiger partial charge on any atom is 0.410 e. The van der Waals surface area contributed by atoms with E-state index < -0.39 is 5.60 Å². The van der Waals surface area contributed by atoms with Crippen molar-refractivity contribution in [2.24, 2.45) is 5.92 Å². The minimum Gasteiger partial charge on any atom is -0.444 e. The second-order valence-corrected chi connectivity index (χ2v) is 15.4. The number of hydrogen-bond acceptors (Lipinski definition) is 11. The molecule has 0 bridgehead atoms. The van der Waals surface area contributed by atoms with E-state index in [1.54, 1.807) is 6.33 Å². The number of carbonyl (C=O) groups excluding carboxylic acids is 2. The lowest BCUT2D eigenvalue weighted by Crippen LogP contribution is -2.49. The molecule has 4 aliphatic rings. The number of hydrogen-bond donors (Lipinski definition) is 0. The van der Waals surface area contributed by atoms with E-state index >= 15 is 0 Å².